The molecule has 0 bridgehead atoms. The van der Waals surface area contributed by atoms with E-state index in [1.807, 2.05) is 43.3 Å². The van der Waals surface area contributed by atoms with E-state index in [0.29, 0.717) is 5.69 Å². The molecule has 0 heterocycles. The highest BCUT2D eigenvalue weighted by molar-refractivity contribution is 5.96. The van der Waals surface area contributed by atoms with Gasteiger partial charge in [-0.1, -0.05) is 55.8 Å². The molecule has 1 atom stereocenters. The normalized spacial score (nSPS) is 11.6. The van der Waals surface area contributed by atoms with Gasteiger partial charge in [0, 0.05) is 5.69 Å². The summed E-state index contributed by atoms with van der Waals surface area (Å²) in [5, 5.41) is 2.92. The fourth-order valence-corrected chi connectivity index (χ4v) is 2.60. The number of para-hydroxylation sites is 1. The van der Waals surface area contributed by atoms with Gasteiger partial charge in [-0.25, -0.2) is 4.79 Å². The molecule has 0 unspecified atom stereocenters. The maximum atomic E-state index is 12.2. The summed E-state index contributed by atoms with van der Waals surface area (Å²) in [6.45, 7) is 3.54. The van der Waals surface area contributed by atoms with E-state index in [1.54, 1.807) is 12.1 Å². The number of nitrogens with two attached hydrogens (primary N) is 1. The molecule has 5 heteroatoms. The van der Waals surface area contributed by atoms with E-state index in [0.717, 1.165) is 24.0 Å². The van der Waals surface area contributed by atoms with Crippen molar-refractivity contribution in [3.8, 4) is 0 Å². The number of hydrogen-bond donors (Lipinski definition) is 2. The van der Waals surface area contributed by atoms with Crippen LogP contribution in [0.2, 0.25) is 0 Å². The fourth-order valence-electron chi connectivity index (χ4n) is 2.60. The SMILES string of the molecule is CCC[C@H](NC(=O)COC(=O)c1cccc(C)c1N)c1ccccc1. The van der Waals surface area contributed by atoms with Crippen LogP contribution in [0.15, 0.2) is 48.5 Å². The van der Waals surface area contributed by atoms with Crippen molar-refractivity contribution in [1.82, 2.24) is 5.32 Å². The van der Waals surface area contributed by atoms with Gasteiger partial charge in [-0.05, 0) is 30.5 Å². The fraction of sp³-hybridized carbons (Fsp3) is 0.300. The van der Waals surface area contributed by atoms with Crippen LogP contribution in [0.5, 0.6) is 0 Å². The molecule has 1 amide bonds. The maximum absolute atomic E-state index is 12.2. The van der Waals surface area contributed by atoms with Crippen LogP contribution in [-0.4, -0.2) is 18.5 Å². The van der Waals surface area contributed by atoms with Gasteiger partial charge in [-0.15, -0.1) is 0 Å². The minimum Gasteiger partial charge on any atom is -0.452 e. The van der Waals surface area contributed by atoms with E-state index in [2.05, 4.69) is 12.2 Å². The van der Waals surface area contributed by atoms with Crippen LogP contribution in [0.3, 0.4) is 0 Å². The predicted octanol–water partition coefficient (Wildman–Crippen LogP) is 3.39. The average molecular weight is 340 g/mol. The molecule has 0 radical (unpaired) electrons. The number of nitrogen functional groups attached to an aromatic ring is 1. The van der Waals surface area contributed by atoms with E-state index in [9.17, 15) is 9.59 Å². The van der Waals surface area contributed by atoms with Crippen molar-refractivity contribution in [3.63, 3.8) is 0 Å². The third-order valence-corrected chi connectivity index (χ3v) is 3.99. The van der Waals surface area contributed by atoms with Crippen LogP contribution in [0.1, 0.15) is 47.3 Å². The van der Waals surface area contributed by atoms with Crippen LogP contribution < -0.4 is 11.1 Å². The zero-order chi connectivity index (χ0) is 18.2. The number of nitrogens with one attached hydrogen (secondary N) is 1. The lowest BCUT2D eigenvalue weighted by molar-refractivity contribution is -0.125. The second-order valence-corrected chi connectivity index (χ2v) is 5.93. The largest absolute Gasteiger partial charge is 0.452 e. The zero-order valence-corrected chi connectivity index (χ0v) is 14.6. The van der Waals surface area contributed by atoms with Crippen molar-refractivity contribution in [2.24, 2.45) is 0 Å². The summed E-state index contributed by atoms with van der Waals surface area (Å²) < 4.78 is 5.11. The number of ether oxygens (including phenoxy) is 1. The van der Waals surface area contributed by atoms with Gasteiger partial charge in [0.25, 0.3) is 5.91 Å². The molecule has 25 heavy (non-hydrogen) atoms. The molecular weight excluding hydrogens is 316 g/mol. The molecule has 0 saturated heterocycles. The van der Waals surface area contributed by atoms with Crippen LogP contribution in [0.4, 0.5) is 5.69 Å². The second kappa shape index (κ2) is 8.87. The molecule has 0 aromatic heterocycles. The monoisotopic (exact) mass is 340 g/mol. The number of amides is 1. The summed E-state index contributed by atoms with van der Waals surface area (Å²) in [6.07, 6.45) is 1.74. The van der Waals surface area contributed by atoms with Crippen molar-refractivity contribution in [1.29, 1.82) is 0 Å². The van der Waals surface area contributed by atoms with Crippen molar-refractivity contribution >= 4 is 17.6 Å². The number of aryl methyl sites for hydroxylation is 1. The third-order valence-electron chi connectivity index (χ3n) is 3.99. The van der Waals surface area contributed by atoms with Gasteiger partial charge in [0.05, 0.1) is 11.6 Å². The summed E-state index contributed by atoms with van der Waals surface area (Å²) in [7, 11) is 0. The minimum atomic E-state index is -0.594. The number of anilines is 1. The molecule has 0 fully saturated rings. The minimum absolute atomic E-state index is 0.0959. The first-order valence-corrected chi connectivity index (χ1v) is 8.39. The van der Waals surface area contributed by atoms with Crippen molar-refractivity contribution in [2.45, 2.75) is 32.7 Å². The van der Waals surface area contributed by atoms with Crippen LogP contribution >= 0.6 is 0 Å². The van der Waals surface area contributed by atoms with Gasteiger partial charge < -0.3 is 15.8 Å². The Morgan fingerprint density at radius 3 is 2.52 bits per heavy atom. The van der Waals surface area contributed by atoms with E-state index in [1.165, 1.54) is 0 Å². The predicted molar refractivity (Wildman–Crippen MR) is 98.1 cm³/mol. The van der Waals surface area contributed by atoms with Gasteiger partial charge in [-0.3, -0.25) is 4.79 Å². The Bertz CT molecular complexity index is 729. The number of carbonyl (C=O) groups is 2. The molecule has 0 aliphatic heterocycles. The molecule has 5 nitrogen and oxygen atoms in total. The standard InChI is InChI=1S/C20H24N2O3/c1-3-8-17(15-10-5-4-6-11-15)22-18(23)13-25-20(24)16-12-7-9-14(2)19(16)21/h4-7,9-12,17H,3,8,13,21H2,1-2H3,(H,22,23)/t17-/m0/s1. The van der Waals surface area contributed by atoms with Crippen LogP contribution in [0.25, 0.3) is 0 Å². The van der Waals surface area contributed by atoms with Crippen molar-refractivity contribution in [3.05, 3.63) is 65.2 Å². The number of benzene rings is 2. The van der Waals surface area contributed by atoms with Crippen LogP contribution in [-0.2, 0) is 9.53 Å². The summed E-state index contributed by atoms with van der Waals surface area (Å²) >= 11 is 0. The first kappa shape index (κ1) is 18.5. The smallest absolute Gasteiger partial charge is 0.340 e. The first-order valence-electron chi connectivity index (χ1n) is 8.39. The maximum Gasteiger partial charge on any atom is 0.340 e. The highest BCUT2D eigenvalue weighted by atomic mass is 16.5. The lowest BCUT2D eigenvalue weighted by atomic mass is 10.0. The summed E-state index contributed by atoms with van der Waals surface area (Å²) in [6, 6.07) is 14.8. The van der Waals surface area contributed by atoms with E-state index < -0.39 is 5.97 Å². The molecule has 0 aliphatic rings. The Balaban J connectivity index is 1.95. The molecule has 2 aromatic rings. The highest BCUT2D eigenvalue weighted by Crippen LogP contribution is 2.19. The zero-order valence-electron chi connectivity index (χ0n) is 14.6. The number of hydrogen-bond acceptors (Lipinski definition) is 4. The second-order valence-electron chi connectivity index (χ2n) is 5.93. The third kappa shape index (κ3) is 5.08. The highest BCUT2D eigenvalue weighted by Gasteiger charge is 2.17. The molecule has 2 rings (SSSR count). The van der Waals surface area contributed by atoms with Gasteiger partial charge in [-0.2, -0.15) is 0 Å². The quantitative estimate of drug-likeness (QED) is 0.598. The van der Waals surface area contributed by atoms with Gasteiger partial charge >= 0.3 is 5.97 Å². The van der Waals surface area contributed by atoms with Crippen molar-refractivity contribution < 1.29 is 14.3 Å². The number of esters is 1. The molecule has 0 aliphatic carbocycles. The molecule has 2 aromatic carbocycles. The van der Waals surface area contributed by atoms with E-state index in [-0.39, 0.29) is 24.1 Å². The molecule has 0 spiro atoms. The molecule has 3 N–H and O–H groups in total. The average Bonchev–Trinajstić information content (AvgIpc) is 2.62. The lowest BCUT2D eigenvalue weighted by Crippen LogP contribution is -2.32. The number of rotatable bonds is 7. The topological polar surface area (TPSA) is 81.4 Å². The Labute approximate surface area is 148 Å². The van der Waals surface area contributed by atoms with E-state index in [4.69, 9.17) is 10.5 Å². The summed E-state index contributed by atoms with van der Waals surface area (Å²) in [4.78, 5) is 24.3. The lowest BCUT2D eigenvalue weighted by Gasteiger charge is -2.18. The molecule has 0 saturated carbocycles. The van der Waals surface area contributed by atoms with Gasteiger partial charge in [0.2, 0.25) is 0 Å². The van der Waals surface area contributed by atoms with E-state index >= 15 is 0 Å². The Morgan fingerprint density at radius 1 is 1.12 bits per heavy atom. The summed E-state index contributed by atoms with van der Waals surface area (Å²) in [5.74, 6) is -0.926. The Morgan fingerprint density at radius 2 is 1.84 bits per heavy atom. The van der Waals surface area contributed by atoms with Gasteiger partial charge in [0.15, 0.2) is 6.61 Å². The Hall–Kier alpha value is -2.82. The van der Waals surface area contributed by atoms with Crippen molar-refractivity contribution in [2.75, 3.05) is 12.3 Å². The first-order chi connectivity index (χ1) is 12.0. The van der Waals surface area contributed by atoms with Crippen LogP contribution in [0, 0.1) is 6.92 Å². The summed E-state index contributed by atoms with van der Waals surface area (Å²) in [5.41, 5.74) is 8.37. The van der Waals surface area contributed by atoms with Gasteiger partial charge in [0.1, 0.15) is 0 Å². The number of carbonyl (C=O) groups excluding carboxylic acids is 2. The molecule has 132 valence electrons. The Kier molecular flexibility index (Phi) is 6.57. The molecular formula is C20H24N2O3.